The molecule has 1 amide bonds. The fourth-order valence-electron chi connectivity index (χ4n) is 2.44. The molecule has 23 heavy (non-hydrogen) atoms. The van der Waals surface area contributed by atoms with Crippen molar-refractivity contribution in [2.75, 3.05) is 6.61 Å². The molecule has 116 valence electrons. The van der Waals surface area contributed by atoms with E-state index in [0.717, 1.165) is 0 Å². The number of amides is 1. The second kappa shape index (κ2) is 5.92. The number of aliphatic imine (C=N–C) groups is 1. The zero-order chi connectivity index (χ0) is 16.4. The second-order valence-corrected chi connectivity index (χ2v) is 4.99. The summed E-state index contributed by atoms with van der Waals surface area (Å²) < 4.78 is 19.7. The lowest BCUT2D eigenvalue weighted by Gasteiger charge is -2.21. The van der Waals surface area contributed by atoms with Crippen LogP contribution in [0.1, 0.15) is 21.5 Å². The molecule has 0 unspecified atom stereocenters. The number of carbonyl (C=O) groups is 1. The Morgan fingerprint density at radius 1 is 1.13 bits per heavy atom. The average Bonchev–Trinajstić information content (AvgIpc) is 2.54. The Morgan fingerprint density at radius 2 is 1.87 bits per heavy atom. The molecular formula is C17H14FN3O2. The summed E-state index contributed by atoms with van der Waals surface area (Å²) in [6, 6.07) is 13.8. The molecule has 0 aliphatic carbocycles. The summed E-state index contributed by atoms with van der Waals surface area (Å²) in [7, 11) is 0. The van der Waals surface area contributed by atoms with Crippen LogP contribution in [0.3, 0.4) is 0 Å². The van der Waals surface area contributed by atoms with Gasteiger partial charge in [0.1, 0.15) is 18.2 Å². The molecule has 0 saturated heterocycles. The molecule has 0 spiro atoms. The molecule has 4 N–H and O–H groups in total. The number of halogens is 1. The first kappa shape index (κ1) is 14.8. The lowest BCUT2D eigenvalue weighted by molar-refractivity contribution is 0.100. The van der Waals surface area contributed by atoms with E-state index in [4.69, 9.17) is 16.2 Å². The van der Waals surface area contributed by atoms with Crippen LogP contribution in [0.15, 0.2) is 59.4 Å². The molecule has 3 rings (SSSR count). The van der Waals surface area contributed by atoms with Gasteiger partial charge in [0.25, 0.3) is 5.91 Å². The minimum absolute atomic E-state index is 0.140. The van der Waals surface area contributed by atoms with Gasteiger partial charge in [0, 0.05) is 16.7 Å². The zero-order valence-corrected chi connectivity index (χ0v) is 12.1. The summed E-state index contributed by atoms with van der Waals surface area (Å²) in [6.07, 6.45) is 0. The summed E-state index contributed by atoms with van der Waals surface area (Å²) in [6.45, 7) is -0.140. The Hall–Kier alpha value is -3.15. The monoisotopic (exact) mass is 311 g/mol. The van der Waals surface area contributed by atoms with Gasteiger partial charge in [-0.1, -0.05) is 30.3 Å². The number of rotatable bonds is 2. The van der Waals surface area contributed by atoms with Crippen molar-refractivity contribution in [1.82, 2.24) is 0 Å². The Balaban J connectivity index is 2.12. The molecule has 0 saturated carbocycles. The van der Waals surface area contributed by atoms with Crippen molar-refractivity contribution >= 4 is 17.4 Å². The maximum atomic E-state index is 14.4. The minimum Gasteiger partial charge on any atom is -0.486 e. The highest BCUT2D eigenvalue weighted by atomic mass is 19.1. The lowest BCUT2D eigenvalue weighted by atomic mass is 9.93. The number of hydrogen-bond donors (Lipinski definition) is 2. The van der Waals surface area contributed by atoms with E-state index < -0.39 is 11.7 Å². The first-order valence-corrected chi connectivity index (χ1v) is 6.91. The number of nitrogens with two attached hydrogens (primary N) is 2. The smallest absolute Gasteiger partial charge is 0.280 e. The van der Waals surface area contributed by atoms with Crippen LogP contribution in [0.5, 0.6) is 5.75 Å². The topological polar surface area (TPSA) is 90.7 Å². The minimum atomic E-state index is -0.591. The third kappa shape index (κ3) is 2.91. The van der Waals surface area contributed by atoms with Gasteiger partial charge in [-0.05, 0) is 23.8 Å². The highest BCUT2D eigenvalue weighted by molar-refractivity contribution is 6.03. The summed E-state index contributed by atoms with van der Waals surface area (Å²) in [5.41, 5.74) is 12.3. The van der Waals surface area contributed by atoms with Crippen LogP contribution in [-0.2, 0) is 0 Å². The van der Waals surface area contributed by atoms with Crippen molar-refractivity contribution in [3.8, 4) is 5.75 Å². The molecule has 0 bridgehead atoms. The first-order chi connectivity index (χ1) is 11.1. The third-order valence-corrected chi connectivity index (χ3v) is 3.41. The van der Waals surface area contributed by atoms with Crippen molar-refractivity contribution in [1.29, 1.82) is 0 Å². The molecule has 2 aromatic rings. The third-order valence-electron chi connectivity index (χ3n) is 3.41. The van der Waals surface area contributed by atoms with Gasteiger partial charge in [-0.3, -0.25) is 4.79 Å². The molecule has 1 heterocycles. The van der Waals surface area contributed by atoms with E-state index in [9.17, 15) is 9.18 Å². The summed E-state index contributed by atoms with van der Waals surface area (Å²) >= 11 is 0. The number of nitrogens with zero attached hydrogens (tertiary/aromatic N) is 1. The number of carbonyl (C=O) groups excluding carboxylic acids is 1. The summed E-state index contributed by atoms with van der Waals surface area (Å²) in [5.74, 6) is -0.804. The number of hydrogen-bond acceptors (Lipinski definition) is 2. The highest BCUT2D eigenvalue weighted by Gasteiger charge is 2.23. The maximum absolute atomic E-state index is 14.4. The quantitative estimate of drug-likeness (QED) is 0.657. The maximum Gasteiger partial charge on any atom is 0.280 e. The molecule has 2 aromatic carbocycles. The number of guanidine groups is 1. The molecule has 5 nitrogen and oxygen atoms in total. The van der Waals surface area contributed by atoms with Crippen LogP contribution in [0.4, 0.5) is 4.39 Å². The van der Waals surface area contributed by atoms with Crippen LogP contribution in [0.2, 0.25) is 0 Å². The van der Waals surface area contributed by atoms with Gasteiger partial charge in [0.15, 0.2) is 5.96 Å². The normalized spacial score (nSPS) is 13.1. The van der Waals surface area contributed by atoms with Crippen LogP contribution in [0, 0.1) is 0 Å². The van der Waals surface area contributed by atoms with Gasteiger partial charge in [0.2, 0.25) is 0 Å². The van der Waals surface area contributed by atoms with Crippen LogP contribution < -0.4 is 16.2 Å². The van der Waals surface area contributed by atoms with Crippen LogP contribution >= 0.6 is 0 Å². The van der Waals surface area contributed by atoms with E-state index in [1.54, 1.807) is 24.3 Å². The van der Waals surface area contributed by atoms with Crippen molar-refractivity contribution in [2.45, 2.75) is 0 Å². The lowest BCUT2D eigenvalue weighted by Crippen LogP contribution is -2.24. The van der Waals surface area contributed by atoms with E-state index in [2.05, 4.69) is 4.99 Å². The predicted molar refractivity (Wildman–Crippen MR) is 85.6 cm³/mol. The van der Waals surface area contributed by atoms with Gasteiger partial charge < -0.3 is 16.2 Å². The van der Waals surface area contributed by atoms with Gasteiger partial charge in [-0.15, -0.1) is 0 Å². The summed E-state index contributed by atoms with van der Waals surface area (Å²) in [5, 5.41) is 0. The van der Waals surface area contributed by atoms with Gasteiger partial charge >= 0.3 is 0 Å². The average molecular weight is 311 g/mol. The Labute approximate surface area is 132 Å². The van der Waals surface area contributed by atoms with Crippen molar-refractivity contribution in [3.05, 3.63) is 71.0 Å². The molecule has 1 aliphatic rings. The van der Waals surface area contributed by atoms with Crippen LogP contribution in [0.25, 0.3) is 5.57 Å². The number of ether oxygens (including phenoxy) is 1. The molecule has 1 aliphatic heterocycles. The van der Waals surface area contributed by atoms with E-state index in [0.29, 0.717) is 22.4 Å². The zero-order valence-electron chi connectivity index (χ0n) is 12.1. The molecule has 0 radical (unpaired) electrons. The number of fused-ring (bicyclic) bond motifs is 1. The van der Waals surface area contributed by atoms with E-state index in [1.165, 1.54) is 6.07 Å². The summed E-state index contributed by atoms with van der Waals surface area (Å²) in [4.78, 5) is 15.5. The Morgan fingerprint density at radius 3 is 2.57 bits per heavy atom. The van der Waals surface area contributed by atoms with E-state index >= 15 is 0 Å². The fraction of sp³-hybridized carbons (Fsp3) is 0.0588. The molecule has 0 fully saturated rings. The second-order valence-electron chi connectivity index (χ2n) is 4.99. The molecule has 0 atom stereocenters. The van der Waals surface area contributed by atoms with Crippen molar-refractivity contribution in [3.63, 3.8) is 0 Å². The Bertz CT molecular complexity index is 825. The SMILES string of the molecule is NC(N)=NC(=O)c1ccc2c(c1)C(c1ccccc1)=C(F)CO2. The van der Waals surface area contributed by atoms with Crippen molar-refractivity contribution in [2.24, 2.45) is 16.5 Å². The van der Waals surface area contributed by atoms with Crippen molar-refractivity contribution < 1.29 is 13.9 Å². The Kier molecular flexibility index (Phi) is 3.80. The van der Waals surface area contributed by atoms with Gasteiger partial charge in [0.05, 0.1) is 0 Å². The van der Waals surface area contributed by atoms with Crippen LogP contribution in [-0.4, -0.2) is 18.5 Å². The highest BCUT2D eigenvalue weighted by Crippen LogP contribution is 2.38. The first-order valence-electron chi connectivity index (χ1n) is 6.91. The van der Waals surface area contributed by atoms with E-state index in [-0.39, 0.29) is 18.1 Å². The predicted octanol–water partition coefficient (Wildman–Crippen LogP) is 2.22. The van der Waals surface area contributed by atoms with E-state index in [1.807, 2.05) is 18.2 Å². The molecule has 6 heteroatoms. The fourth-order valence-corrected chi connectivity index (χ4v) is 2.44. The molecular weight excluding hydrogens is 297 g/mol. The van der Waals surface area contributed by atoms with Gasteiger partial charge in [-0.2, -0.15) is 4.99 Å². The molecule has 0 aromatic heterocycles. The largest absolute Gasteiger partial charge is 0.486 e. The number of benzene rings is 2. The van der Waals surface area contributed by atoms with Gasteiger partial charge in [-0.25, -0.2) is 4.39 Å². The standard InChI is InChI=1S/C17H14FN3O2/c18-13-9-23-14-7-6-11(16(22)21-17(19)20)8-12(14)15(13)10-4-2-1-3-5-10/h1-8H,9H2,(H4,19,20,21,22).